The summed E-state index contributed by atoms with van der Waals surface area (Å²) in [7, 11) is 0. The molecule has 0 bridgehead atoms. The van der Waals surface area contributed by atoms with Crippen LogP contribution in [0.1, 0.15) is 31.3 Å². The van der Waals surface area contributed by atoms with Gasteiger partial charge in [-0.25, -0.2) is 9.67 Å². The van der Waals surface area contributed by atoms with E-state index in [9.17, 15) is 0 Å². The van der Waals surface area contributed by atoms with Crippen LogP contribution in [-0.4, -0.2) is 19.7 Å². The highest BCUT2D eigenvalue weighted by Gasteiger charge is 2.07. The summed E-state index contributed by atoms with van der Waals surface area (Å²) < 4.78 is 1.90. The minimum atomic E-state index is 0.278. The number of pyridine rings is 1. The van der Waals surface area contributed by atoms with E-state index in [4.69, 9.17) is 0 Å². The highest BCUT2D eigenvalue weighted by molar-refractivity contribution is 5.13. The van der Waals surface area contributed by atoms with E-state index in [2.05, 4.69) is 34.2 Å². The zero-order chi connectivity index (χ0) is 12.1. The number of rotatable bonds is 5. The Kier molecular flexibility index (Phi) is 3.82. The lowest BCUT2D eigenvalue weighted by molar-refractivity contribution is 0.523. The molecule has 1 N–H and O–H groups in total. The molecule has 0 saturated carbocycles. The predicted octanol–water partition coefficient (Wildman–Crippen LogP) is 1.54. The third kappa shape index (κ3) is 2.88. The second-order valence-electron chi connectivity index (χ2n) is 3.88. The molecule has 0 radical (unpaired) electrons. The smallest absolute Gasteiger partial charge is 0.140 e. The molecule has 1 unspecified atom stereocenters. The fourth-order valence-corrected chi connectivity index (χ4v) is 1.70. The Morgan fingerprint density at radius 3 is 2.82 bits per heavy atom. The molecule has 0 aliphatic rings. The molecule has 17 heavy (non-hydrogen) atoms. The van der Waals surface area contributed by atoms with Crippen molar-refractivity contribution in [1.29, 1.82) is 0 Å². The van der Waals surface area contributed by atoms with E-state index < -0.39 is 0 Å². The van der Waals surface area contributed by atoms with Gasteiger partial charge in [0, 0.05) is 25.0 Å². The lowest BCUT2D eigenvalue weighted by Gasteiger charge is -2.13. The molecule has 2 rings (SSSR count). The van der Waals surface area contributed by atoms with Crippen LogP contribution < -0.4 is 5.32 Å². The summed E-state index contributed by atoms with van der Waals surface area (Å²) in [5.41, 5.74) is 1.22. The Labute approximate surface area is 101 Å². The average Bonchev–Trinajstić information content (AvgIpc) is 2.84. The van der Waals surface area contributed by atoms with Gasteiger partial charge in [-0.15, -0.1) is 0 Å². The quantitative estimate of drug-likeness (QED) is 0.848. The number of aryl methyl sites for hydroxylation is 1. The number of hydrogen-bond donors (Lipinski definition) is 1. The number of nitrogens with one attached hydrogen (secondary N) is 1. The Hall–Kier alpha value is -1.75. The maximum Gasteiger partial charge on any atom is 0.140 e. The van der Waals surface area contributed by atoms with Gasteiger partial charge in [-0.05, 0) is 31.5 Å². The van der Waals surface area contributed by atoms with Crippen LogP contribution in [0.5, 0.6) is 0 Å². The molecule has 0 spiro atoms. The average molecular weight is 231 g/mol. The number of hydrogen-bond acceptors (Lipinski definition) is 4. The minimum absolute atomic E-state index is 0.278. The molecule has 5 heteroatoms. The predicted molar refractivity (Wildman–Crippen MR) is 65.2 cm³/mol. The van der Waals surface area contributed by atoms with Crippen molar-refractivity contribution in [1.82, 2.24) is 25.1 Å². The van der Waals surface area contributed by atoms with Crippen LogP contribution in [0, 0.1) is 0 Å². The van der Waals surface area contributed by atoms with Crippen molar-refractivity contribution in [3.8, 4) is 0 Å². The Morgan fingerprint density at radius 2 is 2.12 bits per heavy atom. The molecule has 2 aromatic rings. The van der Waals surface area contributed by atoms with E-state index in [1.54, 1.807) is 6.33 Å². The van der Waals surface area contributed by atoms with E-state index in [0.29, 0.717) is 0 Å². The second-order valence-corrected chi connectivity index (χ2v) is 3.88. The van der Waals surface area contributed by atoms with Crippen LogP contribution in [0.4, 0.5) is 0 Å². The normalized spacial score (nSPS) is 12.6. The van der Waals surface area contributed by atoms with Gasteiger partial charge >= 0.3 is 0 Å². The first-order valence-corrected chi connectivity index (χ1v) is 5.81. The van der Waals surface area contributed by atoms with Gasteiger partial charge in [-0.1, -0.05) is 0 Å². The zero-order valence-electron chi connectivity index (χ0n) is 10.2. The third-order valence-electron chi connectivity index (χ3n) is 2.77. The SMILES string of the molecule is CCn1ncnc1CNC(C)c1ccncc1. The topological polar surface area (TPSA) is 55.6 Å². The van der Waals surface area contributed by atoms with Crippen molar-refractivity contribution in [3.05, 3.63) is 42.2 Å². The zero-order valence-corrected chi connectivity index (χ0v) is 10.2. The number of nitrogens with zero attached hydrogens (tertiary/aromatic N) is 4. The largest absolute Gasteiger partial charge is 0.303 e. The molecule has 0 aliphatic heterocycles. The van der Waals surface area contributed by atoms with Crippen molar-refractivity contribution in [2.45, 2.75) is 33.0 Å². The summed E-state index contributed by atoms with van der Waals surface area (Å²) >= 11 is 0. The van der Waals surface area contributed by atoms with Gasteiger partial charge < -0.3 is 5.32 Å². The molecular formula is C12H17N5. The Balaban J connectivity index is 1.95. The first kappa shape index (κ1) is 11.7. The van der Waals surface area contributed by atoms with Crippen molar-refractivity contribution < 1.29 is 0 Å². The van der Waals surface area contributed by atoms with Gasteiger partial charge in [-0.2, -0.15) is 5.10 Å². The molecule has 2 heterocycles. The highest BCUT2D eigenvalue weighted by Crippen LogP contribution is 2.10. The Bertz CT molecular complexity index is 451. The maximum atomic E-state index is 4.23. The van der Waals surface area contributed by atoms with Gasteiger partial charge in [0.15, 0.2) is 0 Å². The molecule has 0 fully saturated rings. The lowest BCUT2D eigenvalue weighted by Crippen LogP contribution is -2.21. The van der Waals surface area contributed by atoms with Gasteiger partial charge in [0.05, 0.1) is 6.54 Å². The van der Waals surface area contributed by atoms with Gasteiger partial charge in [0.2, 0.25) is 0 Å². The van der Waals surface area contributed by atoms with Crippen LogP contribution in [0.25, 0.3) is 0 Å². The van der Waals surface area contributed by atoms with Crippen LogP contribution in [0.15, 0.2) is 30.9 Å². The maximum absolute atomic E-state index is 4.23. The van der Waals surface area contributed by atoms with E-state index in [-0.39, 0.29) is 6.04 Å². The van der Waals surface area contributed by atoms with Crippen LogP contribution >= 0.6 is 0 Å². The highest BCUT2D eigenvalue weighted by atomic mass is 15.3. The fraction of sp³-hybridized carbons (Fsp3) is 0.417. The first-order valence-electron chi connectivity index (χ1n) is 5.81. The van der Waals surface area contributed by atoms with Crippen molar-refractivity contribution >= 4 is 0 Å². The van der Waals surface area contributed by atoms with E-state index in [0.717, 1.165) is 18.9 Å². The van der Waals surface area contributed by atoms with E-state index in [1.165, 1.54) is 5.56 Å². The molecule has 0 aromatic carbocycles. The number of aromatic nitrogens is 4. The van der Waals surface area contributed by atoms with Gasteiger partial charge in [0.25, 0.3) is 0 Å². The van der Waals surface area contributed by atoms with Crippen LogP contribution in [0.3, 0.4) is 0 Å². The standard InChI is InChI=1S/C12H17N5/c1-3-17-12(15-9-16-17)8-14-10(2)11-4-6-13-7-5-11/h4-7,9-10,14H,3,8H2,1-2H3. The van der Waals surface area contributed by atoms with Crippen molar-refractivity contribution in [3.63, 3.8) is 0 Å². The Morgan fingerprint density at radius 1 is 1.35 bits per heavy atom. The minimum Gasteiger partial charge on any atom is -0.303 e. The van der Waals surface area contributed by atoms with Gasteiger partial charge in [0.1, 0.15) is 12.2 Å². The molecule has 0 amide bonds. The van der Waals surface area contributed by atoms with Gasteiger partial charge in [-0.3, -0.25) is 4.98 Å². The van der Waals surface area contributed by atoms with Crippen molar-refractivity contribution in [2.24, 2.45) is 0 Å². The summed E-state index contributed by atoms with van der Waals surface area (Å²) in [4.78, 5) is 8.24. The monoisotopic (exact) mass is 231 g/mol. The summed E-state index contributed by atoms with van der Waals surface area (Å²) in [5, 5.41) is 7.57. The summed E-state index contributed by atoms with van der Waals surface area (Å²) in [6.07, 6.45) is 5.21. The van der Waals surface area contributed by atoms with E-state index >= 15 is 0 Å². The van der Waals surface area contributed by atoms with Crippen LogP contribution in [-0.2, 0) is 13.1 Å². The molecule has 2 aromatic heterocycles. The fourth-order valence-electron chi connectivity index (χ4n) is 1.70. The second kappa shape index (κ2) is 5.54. The third-order valence-corrected chi connectivity index (χ3v) is 2.77. The first-order chi connectivity index (χ1) is 8.31. The summed E-state index contributed by atoms with van der Waals surface area (Å²) in [6.45, 7) is 5.75. The molecular weight excluding hydrogens is 214 g/mol. The molecule has 90 valence electrons. The van der Waals surface area contributed by atoms with Crippen LogP contribution in [0.2, 0.25) is 0 Å². The molecule has 0 aliphatic carbocycles. The summed E-state index contributed by atoms with van der Waals surface area (Å²) in [5.74, 6) is 0.966. The van der Waals surface area contributed by atoms with E-state index in [1.807, 2.05) is 29.2 Å². The molecule has 1 atom stereocenters. The molecule has 5 nitrogen and oxygen atoms in total. The molecule has 0 saturated heterocycles. The lowest BCUT2D eigenvalue weighted by atomic mass is 10.1. The van der Waals surface area contributed by atoms with Crippen molar-refractivity contribution in [2.75, 3.05) is 0 Å². The summed E-state index contributed by atoms with van der Waals surface area (Å²) in [6, 6.07) is 4.31.